The Morgan fingerprint density at radius 3 is 2.79 bits per heavy atom. The molecule has 2 aromatic carbocycles. The lowest BCUT2D eigenvalue weighted by Gasteiger charge is -2.05. The highest BCUT2D eigenvalue weighted by Gasteiger charge is 2.17. The predicted molar refractivity (Wildman–Crippen MR) is 114 cm³/mol. The summed E-state index contributed by atoms with van der Waals surface area (Å²) < 4.78 is 1.88. The molecule has 6 heteroatoms. The normalized spacial score (nSPS) is 11.2. The van der Waals surface area contributed by atoms with Crippen molar-refractivity contribution in [2.45, 2.75) is 33.2 Å². The van der Waals surface area contributed by atoms with Gasteiger partial charge < -0.3 is 5.32 Å². The number of fused-ring (bicyclic) bond motifs is 2. The Bertz CT molecular complexity index is 1180. The number of carbonyl (C=O) groups is 1. The Morgan fingerprint density at radius 1 is 1.18 bits per heavy atom. The highest BCUT2D eigenvalue weighted by Crippen LogP contribution is 2.28. The second-order valence-electron chi connectivity index (χ2n) is 6.91. The van der Waals surface area contributed by atoms with Crippen molar-refractivity contribution in [3.05, 3.63) is 64.7 Å². The molecule has 0 unspecified atom stereocenters. The lowest BCUT2D eigenvalue weighted by Crippen LogP contribution is -2.13. The van der Waals surface area contributed by atoms with Gasteiger partial charge >= 0.3 is 0 Å². The molecule has 142 valence electrons. The molecule has 0 aliphatic heterocycles. The minimum Gasteiger partial charge on any atom is -0.304 e. The van der Waals surface area contributed by atoms with Crippen LogP contribution >= 0.6 is 11.6 Å². The smallest absolute Gasteiger partial charge is 0.258 e. The van der Waals surface area contributed by atoms with E-state index in [9.17, 15) is 4.79 Å². The first-order valence-corrected chi connectivity index (χ1v) is 9.78. The summed E-state index contributed by atoms with van der Waals surface area (Å²) in [5.41, 5.74) is 3.28. The fraction of sp³-hybridized carbons (Fsp3) is 0.227. The number of aryl methyl sites for hydroxylation is 2. The molecule has 28 heavy (non-hydrogen) atoms. The van der Waals surface area contributed by atoms with E-state index in [1.165, 1.54) is 0 Å². The third-order valence-electron chi connectivity index (χ3n) is 4.74. The van der Waals surface area contributed by atoms with Crippen LogP contribution in [0.25, 0.3) is 21.9 Å². The average Bonchev–Trinajstić information content (AvgIpc) is 3.01. The number of hydrogen-bond donors (Lipinski definition) is 1. The number of hydrogen-bond acceptors (Lipinski definition) is 3. The van der Waals surface area contributed by atoms with Crippen molar-refractivity contribution in [1.82, 2.24) is 14.8 Å². The molecule has 0 radical (unpaired) electrons. The van der Waals surface area contributed by atoms with E-state index < -0.39 is 0 Å². The third kappa shape index (κ3) is 3.45. The van der Waals surface area contributed by atoms with E-state index in [1.54, 1.807) is 24.3 Å². The molecule has 0 aliphatic carbocycles. The van der Waals surface area contributed by atoms with E-state index in [0.717, 1.165) is 46.9 Å². The van der Waals surface area contributed by atoms with Crippen molar-refractivity contribution in [3.63, 3.8) is 0 Å². The summed E-state index contributed by atoms with van der Waals surface area (Å²) in [5.74, 6) is 0.226. The molecule has 2 heterocycles. The number of halogens is 1. The van der Waals surface area contributed by atoms with Gasteiger partial charge in [0.15, 0.2) is 11.5 Å². The van der Waals surface area contributed by atoms with E-state index in [1.807, 2.05) is 29.8 Å². The zero-order valence-electron chi connectivity index (χ0n) is 15.9. The zero-order valence-corrected chi connectivity index (χ0v) is 16.6. The van der Waals surface area contributed by atoms with Crippen LogP contribution < -0.4 is 5.32 Å². The maximum atomic E-state index is 12.8. The van der Waals surface area contributed by atoms with Crippen LogP contribution in [-0.2, 0) is 6.54 Å². The van der Waals surface area contributed by atoms with Crippen molar-refractivity contribution in [2.24, 2.45) is 0 Å². The SMILES string of the molecule is CCCCn1nc(NC(=O)c2ccccc2Cl)c2cc3cc(C)ccc3nc21. The van der Waals surface area contributed by atoms with Gasteiger partial charge in [0, 0.05) is 11.9 Å². The maximum absolute atomic E-state index is 12.8. The van der Waals surface area contributed by atoms with Gasteiger partial charge in [-0.05, 0) is 43.7 Å². The van der Waals surface area contributed by atoms with Gasteiger partial charge in [0.25, 0.3) is 5.91 Å². The number of rotatable bonds is 5. The zero-order chi connectivity index (χ0) is 19.7. The van der Waals surface area contributed by atoms with Crippen LogP contribution in [0.4, 0.5) is 5.82 Å². The minimum absolute atomic E-state index is 0.281. The summed E-state index contributed by atoms with van der Waals surface area (Å²) in [6, 6.07) is 15.2. The summed E-state index contributed by atoms with van der Waals surface area (Å²) in [6.07, 6.45) is 2.04. The van der Waals surface area contributed by atoms with Gasteiger partial charge in [0.2, 0.25) is 0 Å². The fourth-order valence-electron chi connectivity index (χ4n) is 3.26. The Balaban J connectivity index is 1.82. The van der Waals surface area contributed by atoms with E-state index in [0.29, 0.717) is 16.4 Å². The van der Waals surface area contributed by atoms with Crippen LogP contribution in [0.5, 0.6) is 0 Å². The van der Waals surface area contributed by atoms with Crippen molar-refractivity contribution < 1.29 is 4.79 Å². The molecule has 0 saturated heterocycles. The number of unbranched alkanes of at least 4 members (excludes halogenated alkanes) is 1. The molecule has 0 fully saturated rings. The molecule has 2 aromatic heterocycles. The van der Waals surface area contributed by atoms with Gasteiger partial charge in [0.1, 0.15) is 0 Å². The molecular weight excluding hydrogens is 372 g/mol. The van der Waals surface area contributed by atoms with Crippen LogP contribution in [0, 0.1) is 6.92 Å². The van der Waals surface area contributed by atoms with E-state index >= 15 is 0 Å². The molecule has 5 nitrogen and oxygen atoms in total. The Morgan fingerprint density at radius 2 is 2.00 bits per heavy atom. The molecule has 0 atom stereocenters. The predicted octanol–water partition coefficient (Wildman–Crippen LogP) is 5.60. The molecule has 0 bridgehead atoms. The topological polar surface area (TPSA) is 59.8 Å². The first kappa shape index (κ1) is 18.4. The van der Waals surface area contributed by atoms with Gasteiger partial charge in [-0.25, -0.2) is 9.67 Å². The average molecular weight is 393 g/mol. The number of nitrogens with zero attached hydrogens (tertiary/aromatic N) is 3. The standard InChI is InChI=1S/C22H21ClN4O/c1-3-4-11-27-21-17(13-15-12-14(2)9-10-19(15)24-21)20(26-27)25-22(28)16-7-5-6-8-18(16)23/h5-10,12-13H,3-4,11H2,1-2H3,(H,25,26,28). The monoisotopic (exact) mass is 392 g/mol. The van der Waals surface area contributed by atoms with Gasteiger partial charge in [0.05, 0.1) is 21.5 Å². The van der Waals surface area contributed by atoms with Crippen LogP contribution in [0.3, 0.4) is 0 Å². The first-order valence-electron chi connectivity index (χ1n) is 9.40. The maximum Gasteiger partial charge on any atom is 0.258 e. The fourth-order valence-corrected chi connectivity index (χ4v) is 3.48. The van der Waals surface area contributed by atoms with Crippen molar-refractivity contribution in [1.29, 1.82) is 0 Å². The Hall–Kier alpha value is -2.92. The van der Waals surface area contributed by atoms with Crippen molar-refractivity contribution in [2.75, 3.05) is 5.32 Å². The van der Waals surface area contributed by atoms with Crippen LogP contribution in [0.1, 0.15) is 35.7 Å². The number of pyridine rings is 1. The Labute approximate surface area is 168 Å². The van der Waals surface area contributed by atoms with E-state index in [2.05, 4.69) is 23.4 Å². The Kier molecular flexibility index (Phi) is 5.01. The van der Waals surface area contributed by atoms with Crippen molar-refractivity contribution in [3.8, 4) is 0 Å². The van der Waals surface area contributed by atoms with Gasteiger partial charge in [-0.3, -0.25) is 4.79 Å². The molecule has 1 N–H and O–H groups in total. The summed E-state index contributed by atoms with van der Waals surface area (Å²) in [5, 5.41) is 9.83. The summed E-state index contributed by atoms with van der Waals surface area (Å²) in [6.45, 7) is 4.94. The first-order chi connectivity index (χ1) is 13.6. The van der Waals surface area contributed by atoms with E-state index in [-0.39, 0.29) is 5.91 Å². The molecule has 0 spiro atoms. The molecule has 4 rings (SSSR count). The van der Waals surface area contributed by atoms with Crippen LogP contribution in [0.2, 0.25) is 5.02 Å². The number of aromatic nitrogens is 3. The molecule has 0 aliphatic rings. The quantitative estimate of drug-likeness (QED) is 0.481. The molecular formula is C22H21ClN4O. The van der Waals surface area contributed by atoms with Gasteiger partial charge in [-0.1, -0.05) is 48.7 Å². The summed E-state index contributed by atoms with van der Waals surface area (Å²) in [4.78, 5) is 17.6. The highest BCUT2D eigenvalue weighted by molar-refractivity contribution is 6.34. The second kappa shape index (κ2) is 7.60. The van der Waals surface area contributed by atoms with Crippen LogP contribution in [-0.4, -0.2) is 20.7 Å². The summed E-state index contributed by atoms with van der Waals surface area (Å²) in [7, 11) is 0. The van der Waals surface area contributed by atoms with E-state index in [4.69, 9.17) is 16.6 Å². The minimum atomic E-state index is -0.281. The number of amides is 1. The van der Waals surface area contributed by atoms with Gasteiger partial charge in [-0.2, -0.15) is 5.10 Å². The van der Waals surface area contributed by atoms with Crippen molar-refractivity contribution >= 4 is 45.3 Å². The lowest BCUT2D eigenvalue weighted by molar-refractivity contribution is 0.102. The lowest BCUT2D eigenvalue weighted by atomic mass is 10.1. The third-order valence-corrected chi connectivity index (χ3v) is 5.07. The largest absolute Gasteiger partial charge is 0.304 e. The number of nitrogens with one attached hydrogen (secondary N) is 1. The molecule has 4 aromatic rings. The number of carbonyl (C=O) groups excluding carboxylic acids is 1. The highest BCUT2D eigenvalue weighted by atomic mass is 35.5. The summed E-state index contributed by atoms with van der Waals surface area (Å²) >= 11 is 6.17. The van der Waals surface area contributed by atoms with Gasteiger partial charge in [-0.15, -0.1) is 0 Å². The van der Waals surface area contributed by atoms with Crippen LogP contribution in [0.15, 0.2) is 48.5 Å². The molecule has 1 amide bonds. The number of anilines is 1. The molecule has 0 saturated carbocycles. The second-order valence-corrected chi connectivity index (χ2v) is 7.32. The number of benzene rings is 2.